The molecule has 0 radical (unpaired) electrons. The Labute approximate surface area is 202 Å². The normalized spacial score (nSPS) is 10.5. The molecule has 0 saturated heterocycles. The molecule has 9 heteroatoms. The van der Waals surface area contributed by atoms with Crippen LogP contribution in [0.1, 0.15) is 18.1 Å². The molecule has 0 spiro atoms. The van der Waals surface area contributed by atoms with E-state index in [4.69, 9.17) is 16.3 Å². The van der Waals surface area contributed by atoms with Crippen LogP contribution in [0.25, 0.3) is 0 Å². The van der Waals surface area contributed by atoms with Gasteiger partial charge < -0.3 is 15.4 Å². The first-order valence-electron chi connectivity index (χ1n) is 10.5. The zero-order valence-corrected chi connectivity index (χ0v) is 19.1. The molecule has 0 saturated carbocycles. The van der Waals surface area contributed by atoms with Crippen molar-refractivity contribution in [2.45, 2.75) is 13.3 Å². The first-order valence-corrected chi connectivity index (χ1v) is 10.8. The lowest BCUT2D eigenvalue weighted by atomic mass is 10.1. The Morgan fingerprint density at radius 1 is 0.941 bits per heavy atom. The van der Waals surface area contributed by atoms with E-state index in [9.17, 15) is 14.4 Å². The summed E-state index contributed by atoms with van der Waals surface area (Å²) >= 11 is 6.21. The number of hydrogen-bond donors (Lipinski definition) is 3. The molecule has 0 aliphatic heterocycles. The van der Waals surface area contributed by atoms with Crippen LogP contribution < -0.4 is 20.8 Å². The second kappa shape index (κ2) is 12.2. The third kappa shape index (κ3) is 7.18. The molecule has 174 valence electrons. The van der Waals surface area contributed by atoms with Gasteiger partial charge in [-0.1, -0.05) is 54.9 Å². The molecule has 0 aliphatic carbocycles. The number of amides is 3. The molecule has 0 heterocycles. The molecule has 34 heavy (non-hydrogen) atoms. The molecule has 0 atom stereocenters. The van der Waals surface area contributed by atoms with Gasteiger partial charge in [-0.05, 0) is 53.9 Å². The molecule has 3 aromatic carbocycles. The molecular formula is C25H23ClN4O4. The summed E-state index contributed by atoms with van der Waals surface area (Å²) in [5, 5.41) is 9.33. The molecule has 0 aliphatic rings. The van der Waals surface area contributed by atoms with Gasteiger partial charge in [0, 0.05) is 11.4 Å². The fourth-order valence-corrected chi connectivity index (χ4v) is 3.17. The predicted octanol–water partition coefficient (Wildman–Crippen LogP) is 4.01. The van der Waals surface area contributed by atoms with Gasteiger partial charge in [0.2, 0.25) is 0 Å². The second-order valence-electron chi connectivity index (χ2n) is 7.06. The number of para-hydroxylation sites is 2. The lowest BCUT2D eigenvalue weighted by Crippen LogP contribution is -2.32. The lowest BCUT2D eigenvalue weighted by Gasteiger charge is -2.09. The maximum Gasteiger partial charge on any atom is 0.329 e. The Morgan fingerprint density at radius 3 is 2.41 bits per heavy atom. The van der Waals surface area contributed by atoms with Crippen molar-refractivity contribution in [1.29, 1.82) is 0 Å². The van der Waals surface area contributed by atoms with E-state index in [1.165, 1.54) is 6.21 Å². The van der Waals surface area contributed by atoms with Crippen molar-refractivity contribution in [2.24, 2.45) is 5.10 Å². The first-order chi connectivity index (χ1) is 16.5. The Kier molecular flexibility index (Phi) is 8.76. The third-order valence-electron chi connectivity index (χ3n) is 4.60. The fourth-order valence-electron chi connectivity index (χ4n) is 2.92. The maximum absolute atomic E-state index is 12.1. The van der Waals surface area contributed by atoms with Crippen molar-refractivity contribution >= 4 is 46.9 Å². The summed E-state index contributed by atoms with van der Waals surface area (Å²) in [6, 6.07) is 21.0. The van der Waals surface area contributed by atoms with Crippen molar-refractivity contribution < 1.29 is 19.1 Å². The summed E-state index contributed by atoms with van der Waals surface area (Å²) in [7, 11) is 0. The fraction of sp³-hybridized carbons (Fsp3) is 0.120. The van der Waals surface area contributed by atoms with E-state index in [-0.39, 0.29) is 17.5 Å². The number of halogens is 1. The Morgan fingerprint density at radius 2 is 1.68 bits per heavy atom. The number of nitrogens with zero attached hydrogens (tertiary/aromatic N) is 1. The largest absolute Gasteiger partial charge is 0.482 e. The number of rotatable bonds is 8. The predicted molar refractivity (Wildman–Crippen MR) is 132 cm³/mol. The molecule has 3 amide bonds. The number of anilines is 2. The van der Waals surface area contributed by atoms with E-state index in [2.05, 4.69) is 21.2 Å². The van der Waals surface area contributed by atoms with Gasteiger partial charge >= 0.3 is 11.8 Å². The van der Waals surface area contributed by atoms with Gasteiger partial charge in [0.1, 0.15) is 5.75 Å². The lowest BCUT2D eigenvalue weighted by molar-refractivity contribution is -0.136. The van der Waals surface area contributed by atoms with Crippen LogP contribution in [0.5, 0.6) is 5.75 Å². The van der Waals surface area contributed by atoms with Gasteiger partial charge in [0.25, 0.3) is 5.91 Å². The van der Waals surface area contributed by atoms with Crippen LogP contribution in [-0.2, 0) is 20.8 Å². The van der Waals surface area contributed by atoms with Crippen LogP contribution >= 0.6 is 11.6 Å². The van der Waals surface area contributed by atoms with Crippen molar-refractivity contribution in [1.82, 2.24) is 5.43 Å². The van der Waals surface area contributed by atoms with Gasteiger partial charge in [0.05, 0.1) is 11.2 Å². The molecule has 8 nitrogen and oxygen atoms in total. The minimum absolute atomic E-state index is 0.214. The number of hydrogen-bond acceptors (Lipinski definition) is 5. The molecule has 0 bridgehead atoms. The van der Waals surface area contributed by atoms with E-state index in [0.29, 0.717) is 29.1 Å². The molecule has 0 fully saturated rings. The van der Waals surface area contributed by atoms with Crippen LogP contribution in [0.3, 0.4) is 0 Å². The summed E-state index contributed by atoms with van der Waals surface area (Å²) in [6.45, 7) is 1.74. The summed E-state index contributed by atoms with van der Waals surface area (Å²) < 4.78 is 5.46. The monoisotopic (exact) mass is 478 g/mol. The van der Waals surface area contributed by atoms with E-state index in [0.717, 1.165) is 5.56 Å². The highest BCUT2D eigenvalue weighted by Gasteiger charge is 2.14. The highest BCUT2D eigenvalue weighted by Crippen LogP contribution is 2.25. The average Bonchev–Trinajstić information content (AvgIpc) is 2.84. The third-order valence-corrected chi connectivity index (χ3v) is 4.90. The standard InChI is InChI=1S/C25H23ClN4O4/c1-2-18-8-6-7-11-21(18)29-24(32)25(33)30-27-15-17-12-13-22(20(26)14-17)34-16-23(31)28-19-9-4-3-5-10-19/h3-15H,2,16H2,1H3,(H,28,31)(H,29,32)(H,30,33)/b27-15-. The molecule has 3 aromatic rings. The number of ether oxygens (including phenoxy) is 1. The minimum Gasteiger partial charge on any atom is -0.482 e. The molecule has 0 unspecified atom stereocenters. The first kappa shape index (κ1) is 24.5. The van der Waals surface area contributed by atoms with Gasteiger partial charge in [-0.25, -0.2) is 5.43 Å². The quantitative estimate of drug-likeness (QED) is 0.258. The second-order valence-corrected chi connectivity index (χ2v) is 7.46. The molecule has 3 rings (SSSR count). The topological polar surface area (TPSA) is 109 Å². The van der Waals surface area contributed by atoms with Crippen molar-refractivity contribution in [3.8, 4) is 5.75 Å². The van der Waals surface area contributed by atoms with Gasteiger partial charge in [0.15, 0.2) is 6.61 Å². The SMILES string of the molecule is CCc1ccccc1NC(=O)C(=O)N/N=C\c1ccc(OCC(=O)Nc2ccccc2)c(Cl)c1. The number of aryl methyl sites for hydroxylation is 1. The van der Waals surface area contributed by atoms with Crippen LogP contribution in [0.2, 0.25) is 5.02 Å². The van der Waals surface area contributed by atoms with Gasteiger partial charge in [-0.3, -0.25) is 14.4 Å². The number of nitrogens with one attached hydrogen (secondary N) is 3. The Balaban J connectivity index is 1.49. The highest BCUT2D eigenvalue weighted by atomic mass is 35.5. The number of carbonyl (C=O) groups excluding carboxylic acids is 3. The van der Waals surface area contributed by atoms with Crippen molar-refractivity contribution in [3.63, 3.8) is 0 Å². The maximum atomic E-state index is 12.1. The Hall–Kier alpha value is -4.17. The Bertz CT molecular complexity index is 1200. The zero-order valence-electron chi connectivity index (χ0n) is 18.4. The van der Waals surface area contributed by atoms with Crippen LogP contribution in [0, 0.1) is 0 Å². The molecule has 3 N–H and O–H groups in total. The summed E-state index contributed by atoms with van der Waals surface area (Å²) in [4.78, 5) is 36.1. The smallest absolute Gasteiger partial charge is 0.329 e. The van der Waals surface area contributed by atoms with Crippen LogP contribution in [-0.4, -0.2) is 30.5 Å². The van der Waals surface area contributed by atoms with Crippen LogP contribution in [0.4, 0.5) is 11.4 Å². The minimum atomic E-state index is -0.905. The highest BCUT2D eigenvalue weighted by molar-refractivity contribution is 6.39. The average molecular weight is 479 g/mol. The zero-order chi connectivity index (χ0) is 24.3. The molecule has 0 aromatic heterocycles. The summed E-state index contributed by atoms with van der Waals surface area (Å²) in [6.07, 6.45) is 2.05. The number of hydrazone groups is 1. The van der Waals surface area contributed by atoms with E-state index < -0.39 is 11.8 Å². The van der Waals surface area contributed by atoms with Gasteiger partial charge in [-0.15, -0.1) is 0 Å². The van der Waals surface area contributed by atoms with E-state index in [1.807, 2.05) is 37.3 Å². The number of benzene rings is 3. The summed E-state index contributed by atoms with van der Waals surface area (Å²) in [5.74, 6) is -1.73. The number of carbonyl (C=O) groups is 3. The van der Waals surface area contributed by atoms with Crippen molar-refractivity contribution in [3.05, 3.63) is 88.9 Å². The summed E-state index contributed by atoms with van der Waals surface area (Å²) in [5.41, 5.74) is 4.90. The van der Waals surface area contributed by atoms with Crippen LogP contribution in [0.15, 0.2) is 77.9 Å². The van der Waals surface area contributed by atoms with E-state index in [1.54, 1.807) is 42.5 Å². The van der Waals surface area contributed by atoms with E-state index >= 15 is 0 Å². The van der Waals surface area contributed by atoms with Crippen molar-refractivity contribution in [2.75, 3.05) is 17.2 Å². The molecular weight excluding hydrogens is 456 g/mol. The van der Waals surface area contributed by atoms with Gasteiger partial charge in [-0.2, -0.15) is 5.10 Å².